The zero-order valence-corrected chi connectivity index (χ0v) is 18.6. The van der Waals surface area contributed by atoms with Crippen LogP contribution >= 0.6 is 0 Å². The molecule has 1 aliphatic heterocycles. The van der Waals surface area contributed by atoms with Crippen LogP contribution in [0.25, 0.3) is 22.6 Å². The van der Waals surface area contributed by atoms with E-state index < -0.39 is 0 Å². The van der Waals surface area contributed by atoms with E-state index in [4.69, 9.17) is 19.9 Å². The summed E-state index contributed by atoms with van der Waals surface area (Å²) in [5.74, 6) is 1.10. The number of morpholine rings is 1. The molecule has 0 saturated carbocycles. The van der Waals surface area contributed by atoms with Gasteiger partial charge in [-0.05, 0) is 18.4 Å². The van der Waals surface area contributed by atoms with Gasteiger partial charge in [0.15, 0.2) is 22.8 Å². The number of fused-ring (bicyclic) bond motifs is 1. The van der Waals surface area contributed by atoms with Gasteiger partial charge in [0, 0.05) is 31.6 Å². The normalized spacial score (nSPS) is 14.1. The number of aromatic nitrogens is 4. The van der Waals surface area contributed by atoms with E-state index in [0.717, 1.165) is 73.4 Å². The van der Waals surface area contributed by atoms with Crippen LogP contribution in [0.5, 0.6) is 0 Å². The number of aryl methyl sites for hydroxylation is 1. The van der Waals surface area contributed by atoms with E-state index in [9.17, 15) is 9.90 Å². The molecule has 176 valence electrons. The van der Waals surface area contributed by atoms with Crippen molar-refractivity contribution in [3.8, 4) is 11.4 Å². The number of imidazole rings is 1. The number of hydrogen-bond donors (Lipinski definition) is 3. The van der Waals surface area contributed by atoms with Crippen molar-refractivity contribution < 1.29 is 19.8 Å². The summed E-state index contributed by atoms with van der Waals surface area (Å²) in [6.45, 7) is 3.58. The fourth-order valence-electron chi connectivity index (χ4n) is 3.95. The lowest BCUT2D eigenvalue weighted by Gasteiger charge is -2.28. The smallest absolute Gasteiger partial charge is 0.243 e. The average molecular weight is 455 g/mol. The van der Waals surface area contributed by atoms with Crippen LogP contribution in [0.2, 0.25) is 0 Å². The number of carbonyl (C=O) groups excluding carboxylic acids is 1. The molecule has 3 aromatic rings. The fraction of sp³-hybridized carbons (Fsp3) is 0.478. The Balaban J connectivity index is 1.56. The van der Waals surface area contributed by atoms with Gasteiger partial charge in [-0.3, -0.25) is 10.0 Å². The van der Waals surface area contributed by atoms with Gasteiger partial charge in [-0.2, -0.15) is 0 Å². The number of amides is 1. The molecule has 0 spiro atoms. The molecular formula is C23H30N6O4. The Bertz CT molecular complexity index is 1060. The Morgan fingerprint density at radius 3 is 2.55 bits per heavy atom. The molecular weight excluding hydrogens is 424 g/mol. The molecule has 3 N–H and O–H groups in total. The molecule has 3 heterocycles. The second-order valence-corrected chi connectivity index (χ2v) is 8.13. The molecule has 2 aromatic heterocycles. The number of unbranched alkanes of at least 4 members (excludes halogenated alkanes) is 3. The number of aliphatic hydroxyl groups excluding tert-OH is 1. The lowest BCUT2D eigenvalue weighted by molar-refractivity contribution is -0.129. The third-order valence-corrected chi connectivity index (χ3v) is 5.83. The van der Waals surface area contributed by atoms with E-state index >= 15 is 0 Å². The van der Waals surface area contributed by atoms with Crippen molar-refractivity contribution in [3.63, 3.8) is 0 Å². The maximum atomic E-state index is 11.1. The Labute approximate surface area is 192 Å². The molecule has 4 rings (SSSR count). The predicted octanol–water partition coefficient (Wildman–Crippen LogP) is 2.28. The predicted molar refractivity (Wildman–Crippen MR) is 123 cm³/mol. The van der Waals surface area contributed by atoms with Gasteiger partial charge in [0.25, 0.3) is 0 Å². The summed E-state index contributed by atoms with van der Waals surface area (Å²) in [5, 5.41) is 17.9. The molecule has 1 aliphatic rings. The summed E-state index contributed by atoms with van der Waals surface area (Å²) in [6.07, 6.45) is 5.71. The largest absolute Gasteiger partial charge is 0.392 e. The minimum Gasteiger partial charge on any atom is -0.392 e. The second-order valence-electron chi connectivity index (χ2n) is 8.13. The van der Waals surface area contributed by atoms with E-state index in [1.165, 1.54) is 0 Å². The van der Waals surface area contributed by atoms with Crippen LogP contribution in [0.3, 0.4) is 0 Å². The van der Waals surface area contributed by atoms with Crippen LogP contribution in [-0.2, 0) is 22.7 Å². The summed E-state index contributed by atoms with van der Waals surface area (Å²) in [7, 11) is 0. The number of nitrogens with one attached hydrogen (secondary N) is 1. The topological polar surface area (TPSA) is 126 Å². The second kappa shape index (κ2) is 11.2. The van der Waals surface area contributed by atoms with E-state index in [0.29, 0.717) is 25.5 Å². The zero-order chi connectivity index (χ0) is 23.0. The van der Waals surface area contributed by atoms with Crippen molar-refractivity contribution in [2.45, 2.75) is 45.3 Å². The molecule has 10 heteroatoms. The molecule has 33 heavy (non-hydrogen) atoms. The van der Waals surface area contributed by atoms with Crippen LogP contribution in [-0.4, -0.2) is 62.0 Å². The van der Waals surface area contributed by atoms with Crippen LogP contribution < -0.4 is 10.4 Å². The Morgan fingerprint density at radius 1 is 1.06 bits per heavy atom. The maximum absolute atomic E-state index is 11.1. The number of nitrogens with zero attached hydrogens (tertiary/aromatic N) is 5. The third kappa shape index (κ3) is 5.65. The first kappa shape index (κ1) is 23.1. The number of rotatable bonds is 10. The van der Waals surface area contributed by atoms with Gasteiger partial charge in [0.05, 0.1) is 26.1 Å². The number of carbonyl (C=O) groups is 1. The number of anilines is 1. The molecule has 1 amide bonds. The van der Waals surface area contributed by atoms with Gasteiger partial charge < -0.3 is 19.3 Å². The summed E-state index contributed by atoms with van der Waals surface area (Å²) in [6, 6.07) is 7.62. The van der Waals surface area contributed by atoms with Crippen molar-refractivity contribution in [1.82, 2.24) is 25.0 Å². The van der Waals surface area contributed by atoms with Gasteiger partial charge >= 0.3 is 0 Å². The number of ether oxygens (including phenoxy) is 1. The number of hydrogen-bond acceptors (Lipinski definition) is 8. The maximum Gasteiger partial charge on any atom is 0.243 e. The lowest BCUT2D eigenvalue weighted by Crippen LogP contribution is -2.37. The first-order valence-corrected chi connectivity index (χ1v) is 11.4. The summed E-state index contributed by atoms with van der Waals surface area (Å²) in [5.41, 5.74) is 4.98. The average Bonchev–Trinajstić information content (AvgIpc) is 3.28. The number of aliphatic hydroxyl groups is 1. The van der Waals surface area contributed by atoms with E-state index in [2.05, 4.69) is 14.5 Å². The molecule has 0 unspecified atom stereocenters. The first-order valence-electron chi connectivity index (χ1n) is 11.4. The molecule has 10 nitrogen and oxygen atoms in total. The number of benzene rings is 1. The third-order valence-electron chi connectivity index (χ3n) is 5.83. The lowest BCUT2D eigenvalue weighted by atomic mass is 10.1. The molecule has 1 aromatic carbocycles. The Morgan fingerprint density at radius 2 is 1.82 bits per heavy atom. The van der Waals surface area contributed by atoms with Gasteiger partial charge in [0.2, 0.25) is 5.91 Å². The van der Waals surface area contributed by atoms with Crippen LogP contribution in [0.1, 0.15) is 37.7 Å². The SMILES string of the molecule is O=C(CCCCCCn1cnc2c(N3CCOCC3)nc(-c3ccc(CO)cc3)nc21)NO. The summed E-state index contributed by atoms with van der Waals surface area (Å²) in [4.78, 5) is 27.7. The minimum absolute atomic E-state index is 0.00333. The number of hydroxylamine groups is 1. The van der Waals surface area contributed by atoms with Gasteiger partial charge in [-0.15, -0.1) is 0 Å². The van der Waals surface area contributed by atoms with Crippen molar-refractivity contribution in [1.29, 1.82) is 0 Å². The Kier molecular flexibility index (Phi) is 7.82. The van der Waals surface area contributed by atoms with Crippen LogP contribution in [0.15, 0.2) is 30.6 Å². The van der Waals surface area contributed by atoms with Crippen molar-refractivity contribution in [2.24, 2.45) is 0 Å². The quantitative estimate of drug-likeness (QED) is 0.242. The molecule has 0 atom stereocenters. The highest BCUT2D eigenvalue weighted by atomic mass is 16.5. The van der Waals surface area contributed by atoms with Crippen LogP contribution in [0.4, 0.5) is 5.82 Å². The summed E-state index contributed by atoms with van der Waals surface area (Å²) >= 11 is 0. The molecule has 1 saturated heterocycles. The minimum atomic E-state index is -0.345. The van der Waals surface area contributed by atoms with Gasteiger partial charge in [0.1, 0.15) is 0 Å². The highest BCUT2D eigenvalue weighted by Crippen LogP contribution is 2.28. The Hall–Kier alpha value is -3.08. The van der Waals surface area contributed by atoms with Gasteiger partial charge in [-0.25, -0.2) is 20.4 Å². The monoisotopic (exact) mass is 454 g/mol. The molecule has 0 bridgehead atoms. The van der Waals surface area contributed by atoms with Gasteiger partial charge in [-0.1, -0.05) is 37.1 Å². The van der Waals surface area contributed by atoms with Crippen LogP contribution in [0, 0.1) is 0 Å². The van der Waals surface area contributed by atoms with E-state index in [-0.39, 0.29) is 12.5 Å². The van der Waals surface area contributed by atoms with Crippen molar-refractivity contribution in [3.05, 3.63) is 36.2 Å². The highest BCUT2D eigenvalue weighted by Gasteiger charge is 2.21. The molecule has 0 aliphatic carbocycles. The highest BCUT2D eigenvalue weighted by molar-refractivity contribution is 5.85. The van der Waals surface area contributed by atoms with E-state index in [1.807, 2.05) is 30.6 Å². The fourth-order valence-corrected chi connectivity index (χ4v) is 3.95. The first-order chi connectivity index (χ1) is 16.2. The molecule has 1 fully saturated rings. The van der Waals surface area contributed by atoms with E-state index in [1.54, 1.807) is 5.48 Å². The molecule has 0 radical (unpaired) electrons. The van der Waals surface area contributed by atoms with Crippen molar-refractivity contribution >= 4 is 22.9 Å². The zero-order valence-electron chi connectivity index (χ0n) is 18.6. The van der Waals surface area contributed by atoms with Crippen molar-refractivity contribution in [2.75, 3.05) is 31.2 Å². The summed E-state index contributed by atoms with van der Waals surface area (Å²) < 4.78 is 7.58. The standard InChI is InChI=1S/C23H30N6O4/c30-15-17-6-8-18(9-7-17)21-25-22(28-11-13-33-14-12-28)20-23(26-21)29(16-24-20)10-4-2-1-3-5-19(31)27-32/h6-9,16,30,32H,1-5,10-15H2,(H,27,31).